The van der Waals surface area contributed by atoms with Crippen molar-refractivity contribution >= 4 is 33.9 Å². The van der Waals surface area contributed by atoms with Crippen LogP contribution in [0, 0.1) is 0 Å². The SMILES string of the molecule is Br[s+]1cnc2ccccc21. The summed E-state index contributed by atoms with van der Waals surface area (Å²) in [5.41, 5.74) is 3.03. The van der Waals surface area contributed by atoms with Crippen LogP contribution in [0.25, 0.3) is 10.2 Å². The smallest absolute Gasteiger partial charge is 0.199 e. The lowest BCUT2D eigenvalue weighted by atomic mass is 10.3. The number of rotatable bonds is 0. The summed E-state index contributed by atoms with van der Waals surface area (Å²) in [7, 11) is 0.0731. The number of hydrogen-bond donors (Lipinski definition) is 0. The van der Waals surface area contributed by atoms with Gasteiger partial charge >= 0.3 is 0 Å². The average Bonchev–Trinajstić information content (AvgIpc) is 2.34. The van der Waals surface area contributed by atoms with Gasteiger partial charge in [-0.1, -0.05) is 12.1 Å². The van der Waals surface area contributed by atoms with Gasteiger partial charge in [0.1, 0.15) is 5.52 Å². The van der Waals surface area contributed by atoms with Crippen LogP contribution in [-0.2, 0) is 0 Å². The van der Waals surface area contributed by atoms with E-state index in [1.807, 2.05) is 23.7 Å². The van der Waals surface area contributed by atoms with E-state index in [0.29, 0.717) is 0 Å². The summed E-state index contributed by atoms with van der Waals surface area (Å²) in [5.74, 6) is 0. The first-order valence-corrected chi connectivity index (χ1v) is 6.03. The van der Waals surface area contributed by atoms with Crippen molar-refractivity contribution in [3.8, 4) is 0 Å². The van der Waals surface area contributed by atoms with E-state index in [-0.39, 0.29) is 8.90 Å². The normalized spacial score (nSPS) is 12.3. The van der Waals surface area contributed by atoms with Crippen LogP contribution < -0.4 is 0 Å². The zero-order valence-corrected chi connectivity index (χ0v) is 7.52. The minimum Gasteiger partial charge on any atom is -0.199 e. The van der Waals surface area contributed by atoms with E-state index in [2.05, 4.69) is 25.9 Å². The predicted molar refractivity (Wildman–Crippen MR) is 48.5 cm³/mol. The Hall–Kier alpha value is -0.410. The highest BCUT2D eigenvalue weighted by molar-refractivity contribution is 9.34. The molecule has 50 valence electrons. The van der Waals surface area contributed by atoms with Gasteiger partial charge in [0, 0.05) is 6.07 Å². The van der Waals surface area contributed by atoms with E-state index in [1.54, 1.807) is 0 Å². The van der Waals surface area contributed by atoms with Crippen molar-refractivity contribution in [2.24, 2.45) is 0 Å². The number of nitrogens with zero attached hydrogens (tertiary/aromatic N) is 1. The molecule has 1 nitrogen and oxygen atoms in total. The number of para-hydroxylation sites is 1. The van der Waals surface area contributed by atoms with Crippen LogP contribution in [0.15, 0.2) is 29.8 Å². The molecule has 2 rings (SSSR count). The molecule has 0 aliphatic carbocycles. The van der Waals surface area contributed by atoms with Crippen molar-refractivity contribution in [3.05, 3.63) is 29.8 Å². The highest BCUT2D eigenvalue weighted by Gasteiger charge is 2.08. The largest absolute Gasteiger partial charge is 0.270 e. The lowest BCUT2D eigenvalue weighted by Gasteiger charge is -1.77. The second kappa shape index (κ2) is 2.32. The van der Waals surface area contributed by atoms with Crippen molar-refractivity contribution in [3.63, 3.8) is 0 Å². The van der Waals surface area contributed by atoms with Crippen LogP contribution in [0.2, 0.25) is 0 Å². The van der Waals surface area contributed by atoms with Gasteiger partial charge in [0.2, 0.25) is 10.2 Å². The number of thiazole rings is 1. The second-order valence-corrected chi connectivity index (χ2v) is 5.30. The summed E-state index contributed by atoms with van der Waals surface area (Å²) in [6.45, 7) is 0. The summed E-state index contributed by atoms with van der Waals surface area (Å²) in [4.78, 5) is 4.22. The molecular weight excluding hydrogens is 210 g/mol. The monoisotopic (exact) mass is 214 g/mol. The molecule has 2 aromatic rings. The Kier molecular flexibility index (Phi) is 1.47. The van der Waals surface area contributed by atoms with E-state index in [0.717, 1.165) is 5.52 Å². The zero-order valence-electron chi connectivity index (χ0n) is 5.12. The maximum atomic E-state index is 4.22. The maximum Gasteiger partial charge on any atom is 0.270 e. The van der Waals surface area contributed by atoms with E-state index < -0.39 is 0 Å². The van der Waals surface area contributed by atoms with Gasteiger partial charge in [-0.2, -0.15) is 4.98 Å². The van der Waals surface area contributed by atoms with Crippen LogP contribution >= 0.6 is 23.7 Å². The molecular formula is C7H5BrNS+. The van der Waals surface area contributed by atoms with E-state index in [9.17, 15) is 0 Å². The quantitative estimate of drug-likeness (QED) is 0.615. The van der Waals surface area contributed by atoms with Gasteiger partial charge in [-0.25, -0.2) is 0 Å². The number of halogens is 1. The number of fused-ring (bicyclic) bond motifs is 1. The van der Waals surface area contributed by atoms with Crippen LogP contribution in [0.5, 0.6) is 0 Å². The Morgan fingerprint density at radius 2 is 2.10 bits per heavy atom. The Bertz CT molecular complexity index is 355. The third-order valence-electron chi connectivity index (χ3n) is 1.36. The van der Waals surface area contributed by atoms with Crippen LogP contribution in [0.1, 0.15) is 0 Å². The first kappa shape index (κ1) is 6.31. The molecule has 0 spiro atoms. The summed E-state index contributed by atoms with van der Waals surface area (Å²) in [6.07, 6.45) is 0. The highest BCUT2D eigenvalue weighted by atomic mass is 79.9. The summed E-state index contributed by atoms with van der Waals surface area (Å²) < 4.78 is 1.29. The van der Waals surface area contributed by atoms with Crippen molar-refractivity contribution in [1.29, 1.82) is 0 Å². The molecule has 1 aromatic heterocycles. The Balaban J connectivity index is 2.93. The fraction of sp³-hybridized carbons (Fsp3) is 0. The molecule has 3 heteroatoms. The van der Waals surface area contributed by atoms with Gasteiger partial charge in [0.15, 0.2) is 0 Å². The number of benzene rings is 1. The van der Waals surface area contributed by atoms with Crippen molar-refractivity contribution < 1.29 is 0 Å². The van der Waals surface area contributed by atoms with Crippen LogP contribution in [0.4, 0.5) is 0 Å². The van der Waals surface area contributed by atoms with Gasteiger partial charge in [-0.15, -0.1) is 0 Å². The molecule has 0 N–H and O–H groups in total. The standard InChI is InChI=1S/C7H5BrNS/c8-10-5-9-6-3-1-2-4-7(6)10/h1-5H/q+1. The fourth-order valence-corrected chi connectivity index (χ4v) is 2.81. The lowest BCUT2D eigenvalue weighted by molar-refractivity contribution is 1.50. The molecule has 1 atom stereocenters. The maximum absolute atomic E-state index is 4.22. The predicted octanol–water partition coefficient (Wildman–Crippen LogP) is 3.14. The van der Waals surface area contributed by atoms with Crippen molar-refractivity contribution in [1.82, 2.24) is 4.98 Å². The molecule has 0 saturated heterocycles. The van der Waals surface area contributed by atoms with E-state index in [4.69, 9.17) is 0 Å². The van der Waals surface area contributed by atoms with Gasteiger partial charge in [-0.05, 0) is 6.07 Å². The number of hydrogen-bond acceptors (Lipinski definition) is 1. The van der Waals surface area contributed by atoms with Gasteiger partial charge in [0.05, 0.1) is 8.90 Å². The fourth-order valence-electron chi connectivity index (χ4n) is 0.889. The van der Waals surface area contributed by atoms with E-state index in [1.165, 1.54) is 4.70 Å². The van der Waals surface area contributed by atoms with Crippen LogP contribution in [0.3, 0.4) is 0 Å². The molecule has 0 bridgehead atoms. The molecule has 0 aliphatic rings. The minimum atomic E-state index is 0.0731. The average molecular weight is 215 g/mol. The number of aromatic nitrogens is 1. The van der Waals surface area contributed by atoms with Gasteiger partial charge in [-0.3, -0.25) is 0 Å². The molecule has 1 aromatic carbocycles. The van der Waals surface area contributed by atoms with Gasteiger partial charge in [0.25, 0.3) is 14.8 Å². The van der Waals surface area contributed by atoms with Gasteiger partial charge < -0.3 is 0 Å². The Morgan fingerprint density at radius 1 is 1.30 bits per heavy atom. The molecule has 10 heavy (non-hydrogen) atoms. The highest BCUT2D eigenvalue weighted by Crippen LogP contribution is 2.33. The summed E-state index contributed by atoms with van der Waals surface area (Å²) >= 11 is 3.52. The third kappa shape index (κ3) is 0.859. The Labute approximate surface area is 68.9 Å². The first-order valence-electron chi connectivity index (χ1n) is 2.90. The zero-order chi connectivity index (χ0) is 6.97. The Morgan fingerprint density at radius 3 is 2.90 bits per heavy atom. The molecule has 0 radical (unpaired) electrons. The molecule has 0 amide bonds. The minimum absolute atomic E-state index is 0.0731. The summed E-state index contributed by atoms with van der Waals surface area (Å²) in [5, 5.41) is 0. The molecule has 0 aliphatic heterocycles. The second-order valence-electron chi connectivity index (χ2n) is 1.99. The van der Waals surface area contributed by atoms with E-state index >= 15 is 0 Å². The summed E-state index contributed by atoms with van der Waals surface area (Å²) in [6, 6.07) is 8.17. The molecule has 1 heterocycles. The molecule has 1 unspecified atom stereocenters. The van der Waals surface area contributed by atoms with Crippen molar-refractivity contribution in [2.45, 2.75) is 0 Å². The topological polar surface area (TPSA) is 12.9 Å². The third-order valence-corrected chi connectivity index (χ3v) is 3.96. The van der Waals surface area contributed by atoms with Crippen LogP contribution in [-0.4, -0.2) is 4.98 Å². The van der Waals surface area contributed by atoms with Crippen molar-refractivity contribution in [2.75, 3.05) is 0 Å². The molecule has 0 saturated carbocycles. The first-order chi connectivity index (χ1) is 4.88. The molecule has 0 fully saturated rings. The lowest BCUT2D eigenvalue weighted by Crippen LogP contribution is -1.61.